The molecule has 0 N–H and O–H groups in total. The summed E-state index contributed by atoms with van der Waals surface area (Å²) in [6.07, 6.45) is 2.97. The molecule has 0 saturated carbocycles. The highest BCUT2D eigenvalue weighted by atomic mass is 16.6. The van der Waals surface area contributed by atoms with Crippen LogP contribution in [0, 0.1) is 24.0 Å². The summed E-state index contributed by atoms with van der Waals surface area (Å²) >= 11 is 0. The van der Waals surface area contributed by atoms with E-state index in [2.05, 4.69) is 0 Å². The lowest BCUT2D eigenvalue weighted by atomic mass is 10.0. The molecule has 0 amide bonds. The normalized spacial score (nSPS) is 10.7. The Balaban J connectivity index is 2.27. The second-order valence-electron chi connectivity index (χ2n) is 5.17. The van der Waals surface area contributed by atoms with Crippen molar-refractivity contribution >= 4 is 17.5 Å². The summed E-state index contributed by atoms with van der Waals surface area (Å²) < 4.78 is 5.27. The number of nitro groups is 1. The number of nitro benzene ring substituents is 1. The quantitative estimate of drug-likeness (QED) is 0.360. The summed E-state index contributed by atoms with van der Waals surface area (Å²) in [5.74, 6) is 0.481. The van der Waals surface area contributed by atoms with Gasteiger partial charge in [-0.25, -0.2) is 0 Å². The molecule has 5 heteroatoms. The first-order chi connectivity index (χ1) is 10.9. The number of rotatable bonds is 5. The number of ether oxygens (including phenoxy) is 1. The number of hydrogen-bond donors (Lipinski definition) is 0. The van der Waals surface area contributed by atoms with Crippen molar-refractivity contribution < 1.29 is 14.5 Å². The molecule has 118 valence electrons. The molecule has 0 unspecified atom stereocenters. The molecular weight excluding hydrogens is 294 g/mol. The maximum atomic E-state index is 12.3. The van der Waals surface area contributed by atoms with Crippen LogP contribution in [0.3, 0.4) is 0 Å². The molecule has 0 saturated heterocycles. The number of ketones is 1. The second kappa shape index (κ2) is 6.87. The van der Waals surface area contributed by atoms with Crippen LogP contribution in [-0.2, 0) is 0 Å². The Morgan fingerprint density at radius 1 is 1.22 bits per heavy atom. The van der Waals surface area contributed by atoms with E-state index in [0.717, 1.165) is 11.1 Å². The van der Waals surface area contributed by atoms with Crippen LogP contribution in [0.2, 0.25) is 0 Å². The van der Waals surface area contributed by atoms with E-state index in [9.17, 15) is 14.9 Å². The lowest BCUT2D eigenvalue weighted by Crippen LogP contribution is -1.99. The van der Waals surface area contributed by atoms with Crippen LogP contribution in [0.1, 0.15) is 27.0 Å². The highest BCUT2D eigenvalue weighted by molar-refractivity contribution is 6.07. The molecule has 0 aliphatic heterocycles. The Labute approximate surface area is 134 Å². The summed E-state index contributed by atoms with van der Waals surface area (Å²) in [7, 11) is 1.56. The average molecular weight is 311 g/mol. The summed E-state index contributed by atoms with van der Waals surface area (Å²) in [6.45, 7) is 3.85. The van der Waals surface area contributed by atoms with Crippen molar-refractivity contribution in [3.05, 3.63) is 74.8 Å². The number of carbonyl (C=O) groups is 1. The lowest BCUT2D eigenvalue weighted by Gasteiger charge is -2.09. The van der Waals surface area contributed by atoms with E-state index in [-0.39, 0.29) is 11.5 Å². The van der Waals surface area contributed by atoms with Crippen molar-refractivity contribution in [1.29, 1.82) is 0 Å². The molecule has 0 radical (unpaired) electrons. The number of hydrogen-bond acceptors (Lipinski definition) is 4. The number of carbonyl (C=O) groups excluding carboxylic acids is 1. The monoisotopic (exact) mass is 311 g/mol. The topological polar surface area (TPSA) is 69.4 Å². The molecule has 5 nitrogen and oxygen atoms in total. The molecule has 0 aliphatic carbocycles. The second-order valence-corrected chi connectivity index (χ2v) is 5.17. The highest BCUT2D eigenvalue weighted by Crippen LogP contribution is 2.24. The largest absolute Gasteiger partial charge is 0.496 e. The minimum Gasteiger partial charge on any atom is -0.496 e. The van der Waals surface area contributed by atoms with Crippen molar-refractivity contribution in [2.75, 3.05) is 7.11 Å². The Bertz CT molecular complexity index is 794. The molecule has 2 aromatic carbocycles. The van der Waals surface area contributed by atoms with Gasteiger partial charge in [-0.15, -0.1) is 0 Å². The molecule has 0 spiro atoms. The third-order valence-corrected chi connectivity index (χ3v) is 3.63. The number of nitrogens with zero attached hydrogens (tertiary/aromatic N) is 1. The number of allylic oxidation sites excluding steroid dienone is 1. The van der Waals surface area contributed by atoms with Gasteiger partial charge in [0.1, 0.15) is 5.75 Å². The van der Waals surface area contributed by atoms with Gasteiger partial charge in [0.2, 0.25) is 0 Å². The van der Waals surface area contributed by atoms with Gasteiger partial charge in [-0.2, -0.15) is 0 Å². The van der Waals surface area contributed by atoms with E-state index in [1.807, 2.05) is 13.8 Å². The van der Waals surface area contributed by atoms with Crippen molar-refractivity contribution in [2.45, 2.75) is 13.8 Å². The lowest BCUT2D eigenvalue weighted by molar-refractivity contribution is -0.384. The van der Waals surface area contributed by atoms with Crippen molar-refractivity contribution in [1.82, 2.24) is 0 Å². The molecule has 0 aliphatic rings. The van der Waals surface area contributed by atoms with E-state index in [4.69, 9.17) is 4.74 Å². The molecule has 0 atom stereocenters. The molecule has 2 rings (SSSR count). The van der Waals surface area contributed by atoms with E-state index in [1.54, 1.807) is 37.5 Å². The third kappa shape index (κ3) is 3.83. The number of aryl methyl sites for hydroxylation is 1. The minimum absolute atomic E-state index is 0.00699. The van der Waals surface area contributed by atoms with Gasteiger partial charge in [0.25, 0.3) is 5.69 Å². The third-order valence-electron chi connectivity index (χ3n) is 3.63. The fourth-order valence-electron chi connectivity index (χ4n) is 2.19. The molecular formula is C18H17NO4. The summed E-state index contributed by atoms with van der Waals surface area (Å²) in [4.78, 5) is 22.6. The van der Waals surface area contributed by atoms with E-state index < -0.39 is 4.92 Å². The van der Waals surface area contributed by atoms with Crippen molar-refractivity contribution in [3.63, 3.8) is 0 Å². The van der Waals surface area contributed by atoms with Crippen LogP contribution in [0.5, 0.6) is 5.75 Å². The Kier molecular flexibility index (Phi) is 4.91. The van der Waals surface area contributed by atoms with Crippen LogP contribution >= 0.6 is 0 Å². The number of methoxy groups -OCH3 is 1. The standard InChI is InChI=1S/C18H17NO4/c1-12-9-15(11-18(23-3)13(12)2)17(20)8-7-14-5-4-6-16(10-14)19(21)22/h4-11H,1-3H3/b8-7+. The zero-order valence-corrected chi connectivity index (χ0v) is 13.2. The van der Waals surface area contributed by atoms with Gasteiger partial charge < -0.3 is 4.74 Å². The summed E-state index contributed by atoms with van der Waals surface area (Å²) in [5.41, 5.74) is 3.07. The Hall–Kier alpha value is -2.95. The van der Waals surface area contributed by atoms with E-state index in [1.165, 1.54) is 18.2 Å². The zero-order valence-electron chi connectivity index (χ0n) is 13.2. The van der Waals surface area contributed by atoms with Gasteiger partial charge in [-0.3, -0.25) is 14.9 Å². The van der Waals surface area contributed by atoms with E-state index >= 15 is 0 Å². The van der Waals surface area contributed by atoms with Crippen molar-refractivity contribution in [3.8, 4) is 5.75 Å². The van der Waals surface area contributed by atoms with Gasteiger partial charge in [0.15, 0.2) is 5.78 Å². The molecule has 0 fully saturated rings. The molecule has 0 aromatic heterocycles. The fraction of sp³-hybridized carbons (Fsp3) is 0.167. The number of non-ortho nitro benzene ring substituents is 1. The first-order valence-corrected chi connectivity index (χ1v) is 7.04. The Morgan fingerprint density at radius 3 is 2.61 bits per heavy atom. The first kappa shape index (κ1) is 16.4. The molecule has 23 heavy (non-hydrogen) atoms. The minimum atomic E-state index is -0.465. The van der Waals surface area contributed by atoms with Crippen LogP contribution < -0.4 is 4.74 Å². The van der Waals surface area contributed by atoms with E-state index in [0.29, 0.717) is 16.9 Å². The summed E-state index contributed by atoms with van der Waals surface area (Å²) in [6, 6.07) is 9.62. The average Bonchev–Trinajstić information content (AvgIpc) is 2.55. The van der Waals surface area contributed by atoms with Gasteiger partial charge in [0.05, 0.1) is 12.0 Å². The van der Waals surface area contributed by atoms with Crippen LogP contribution in [-0.4, -0.2) is 17.8 Å². The maximum absolute atomic E-state index is 12.3. The van der Waals surface area contributed by atoms with Gasteiger partial charge in [-0.05, 0) is 48.7 Å². The first-order valence-electron chi connectivity index (χ1n) is 7.04. The molecule has 2 aromatic rings. The SMILES string of the molecule is COc1cc(C(=O)/C=C/c2cccc([N+](=O)[O-])c2)cc(C)c1C. The predicted octanol–water partition coefficient (Wildman–Crippen LogP) is 4.12. The van der Waals surface area contributed by atoms with Crippen LogP contribution in [0.4, 0.5) is 5.69 Å². The molecule has 0 bridgehead atoms. The van der Waals surface area contributed by atoms with Gasteiger partial charge >= 0.3 is 0 Å². The Morgan fingerprint density at radius 2 is 1.96 bits per heavy atom. The van der Waals surface area contributed by atoms with Crippen LogP contribution in [0.25, 0.3) is 6.08 Å². The maximum Gasteiger partial charge on any atom is 0.270 e. The zero-order chi connectivity index (χ0) is 17.0. The van der Waals surface area contributed by atoms with Gasteiger partial charge in [-0.1, -0.05) is 18.2 Å². The summed E-state index contributed by atoms with van der Waals surface area (Å²) in [5, 5.41) is 10.8. The van der Waals surface area contributed by atoms with Crippen molar-refractivity contribution in [2.24, 2.45) is 0 Å². The molecule has 0 heterocycles. The van der Waals surface area contributed by atoms with Crippen LogP contribution in [0.15, 0.2) is 42.5 Å². The smallest absolute Gasteiger partial charge is 0.270 e. The van der Waals surface area contributed by atoms with Gasteiger partial charge in [0, 0.05) is 17.7 Å². The number of benzene rings is 2. The highest BCUT2D eigenvalue weighted by Gasteiger charge is 2.09. The predicted molar refractivity (Wildman–Crippen MR) is 88.9 cm³/mol. The fourth-order valence-corrected chi connectivity index (χ4v) is 2.19.